The van der Waals surface area contributed by atoms with Gasteiger partial charge in [-0.1, -0.05) is 13.8 Å². The molecule has 0 saturated heterocycles. The van der Waals surface area contributed by atoms with E-state index < -0.39 is 0 Å². The molecule has 0 atom stereocenters. The zero-order valence-electron chi connectivity index (χ0n) is 14.3. The summed E-state index contributed by atoms with van der Waals surface area (Å²) in [5, 5.41) is 2.71. The fraction of sp³-hybridized carbons (Fsp3) is 0.529. The zero-order chi connectivity index (χ0) is 17.2. The summed E-state index contributed by atoms with van der Waals surface area (Å²) in [7, 11) is 3.07. The topological polar surface area (TPSA) is 67.9 Å². The molecule has 0 aliphatic heterocycles. The molecule has 0 heterocycles. The van der Waals surface area contributed by atoms with Crippen molar-refractivity contribution in [1.82, 2.24) is 4.90 Å². The van der Waals surface area contributed by atoms with E-state index in [4.69, 9.17) is 9.47 Å². The van der Waals surface area contributed by atoms with E-state index in [9.17, 15) is 9.59 Å². The van der Waals surface area contributed by atoms with Crippen LogP contribution in [0.2, 0.25) is 0 Å². The van der Waals surface area contributed by atoms with Gasteiger partial charge in [-0.25, -0.2) is 0 Å². The van der Waals surface area contributed by atoms with Crippen molar-refractivity contribution in [3.63, 3.8) is 0 Å². The van der Waals surface area contributed by atoms with Crippen LogP contribution in [0, 0.1) is 0 Å². The molecule has 0 fully saturated rings. The Morgan fingerprint density at radius 1 is 1.09 bits per heavy atom. The molecular weight excluding hydrogens is 296 g/mol. The van der Waals surface area contributed by atoms with Crippen molar-refractivity contribution in [1.29, 1.82) is 0 Å². The Morgan fingerprint density at radius 3 is 2.26 bits per heavy atom. The Bertz CT molecular complexity index is 525. The van der Waals surface area contributed by atoms with Gasteiger partial charge in [0.05, 0.1) is 19.9 Å². The van der Waals surface area contributed by atoms with Crippen LogP contribution in [0.3, 0.4) is 0 Å². The SMILES string of the molecule is CCCN(CCC)C(=O)CC(=O)Nc1cc(OC)ccc1OC. The second-order valence-electron chi connectivity index (χ2n) is 5.17. The van der Waals surface area contributed by atoms with Gasteiger partial charge in [0.15, 0.2) is 0 Å². The molecule has 1 aromatic carbocycles. The number of rotatable bonds is 9. The Kier molecular flexibility index (Phi) is 7.94. The molecule has 0 aliphatic rings. The molecule has 0 unspecified atom stereocenters. The highest BCUT2D eigenvalue weighted by atomic mass is 16.5. The molecule has 23 heavy (non-hydrogen) atoms. The van der Waals surface area contributed by atoms with Gasteiger partial charge in [-0.15, -0.1) is 0 Å². The summed E-state index contributed by atoms with van der Waals surface area (Å²) < 4.78 is 10.3. The van der Waals surface area contributed by atoms with Crippen LogP contribution in [0.25, 0.3) is 0 Å². The van der Waals surface area contributed by atoms with Crippen LogP contribution in [0.15, 0.2) is 18.2 Å². The number of carbonyl (C=O) groups is 2. The predicted octanol–water partition coefficient (Wildman–Crippen LogP) is 2.68. The maximum Gasteiger partial charge on any atom is 0.233 e. The number of ether oxygens (including phenoxy) is 2. The minimum Gasteiger partial charge on any atom is -0.497 e. The van der Waals surface area contributed by atoms with Crippen molar-refractivity contribution in [3.8, 4) is 11.5 Å². The second kappa shape index (κ2) is 9.71. The van der Waals surface area contributed by atoms with Gasteiger partial charge in [0.1, 0.15) is 17.9 Å². The average molecular weight is 322 g/mol. The third-order valence-corrected chi connectivity index (χ3v) is 3.33. The molecule has 2 amide bonds. The zero-order valence-corrected chi connectivity index (χ0v) is 14.3. The number of hydrogen-bond acceptors (Lipinski definition) is 4. The lowest BCUT2D eigenvalue weighted by Gasteiger charge is -2.21. The van der Waals surface area contributed by atoms with E-state index in [0.717, 1.165) is 12.8 Å². The van der Waals surface area contributed by atoms with E-state index in [-0.39, 0.29) is 18.2 Å². The molecule has 0 spiro atoms. The largest absolute Gasteiger partial charge is 0.497 e. The molecule has 1 N–H and O–H groups in total. The van der Waals surface area contributed by atoms with Crippen molar-refractivity contribution in [2.75, 3.05) is 32.6 Å². The van der Waals surface area contributed by atoms with Crippen LogP contribution in [-0.2, 0) is 9.59 Å². The van der Waals surface area contributed by atoms with Gasteiger partial charge in [-0.3, -0.25) is 9.59 Å². The molecular formula is C17H26N2O4. The van der Waals surface area contributed by atoms with Crippen LogP contribution in [0.5, 0.6) is 11.5 Å². The summed E-state index contributed by atoms with van der Waals surface area (Å²) in [6.07, 6.45) is 1.56. The monoisotopic (exact) mass is 322 g/mol. The molecule has 0 aromatic heterocycles. The number of nitrogens with one attached hydrogen (secondary N) is 1. The number of methoxy groups -OCH3 is 2. The number of carbonyl (C=O) groups excluding carboxylic acids is 2. The fourth-order valence-electron chi connectivity index (χ4n) is 2.26. The lowest BCUT2D eigenvalue weighted by Crippen LogP contribution is -2.35. The summed E-state index contributed by atoms with van der Waals surface area (Å²) in [5.41, 5.74) is 0.488. The molecule has 0 bridgehead atoms. The minimum atomic E-state index is -0.362. The van der Waals surface area contributed by atoms with Gasteiger partial charge in [0, 0.05) is 19.2 Å². The Morgan fingerprint density at radius 2 is 1.74 bits per heavy atom. The Balaban J connectivity index is 2.73. The van der Waals surface area contributed by atoms with E-state index in [1.165, 1.54) is 7.11 Å². The van der Waals surface area contributed by atoms with Crippen LogP contribution >= 0.6 is 0 Å². The first-order valence-electron chi connectivity index (χ1n) is 7.85. The fourth-order valence-corrected chi connectivity index (χ4v) is 2.26. The molecule has 1 aromatic rings. The lowest BCUT2D eigenvalue weighted by molar-refractivity contribution is -0.134. The van der Waals surface area contributed by atoms with Gasteiger partial charge < -0.3 is 19.7 Å². The van der Waals surface area contributed by atoms with Crippen molar-refractivity contribution >= 4 is 17.5 Å². The summed E-state index contributed by atoms with van der Waals surface area (Å²) in [4.78, 5) is 26.1. The van der Waals surface area contributed by atoms with E-state index >= 15 is 0 Å². The maximum atomic E-state index is 12.2. The van der Waals surface area contributed by atoms with Gasteiger partial charge in [0.25, 0.3) is 0 Å². The summed E-state index contributed by atoms with van der Waals surface area (Å²) >= 11 is 0. The Labute approximate surface area is 137 Å². The number of benzene rings is 1. The van der Waals surface area contributed by atoms with Gasteiger partial charge in [-0.05, 0) is 25.0 Å². The summed E-state index contributed by atoms with van der Waals surface area (Å²) in [5.74, 6) is 0.600. The highest BCUT2D eigenvalue weighted by Gasteiger charge is 2.17. The first-order chi connectivity index (χ1) is 11.0. The standard InChI is InChI=1S/C17H26N2O4/c1-5-9-19(10-6-2)17(21)12-16(20)18-14-11-13(22-3)7-8-15(14)23-4/h7-8,11H,5-6,9-10,12H2,1-4H3,(H,18,20). The summed E-state index contributed by atoms with van der Waals surface area (Å²) in [6.45, 7) is 5.36. The third kappa shape index (κ3) is 5.81. The maximum absolute atomic E-state index is 12.2. The van der Waals surface area contributed by atoms with Gasteiger partial charge in [-0.2, -0.15) is 0 Å². The molecule has 6 nitrogen and oxygen atoms in total. The normalized spacial score (nSPS) is 10.1. The van der Waals surface area contributed by atoms with Crippen molar-refractivity contribution < 1.29 is 19.1 Å². The second-order valence-corrected chi connectivity index (χ2v) is 5.17. The smallest absolute Gasteiger partial charge is 0.233 e. The number of hydrogen-bond donors (Lipinski definition) is 1. The lowest BCUT2D eigenvalue weighted by atomic mass is 10.2. The third-order valence-electron chi connectivity index (χ3n) is 3.33. The van der Waals surface area contributed by atoms with Gasteiger partial charge in [0.2, 0.25) is 11.8 Å². The quantitative estimate of drug-likeness (QED) is 0.710. The molecule has 6 heteroatoms. The highest BCUT2D eigenvalue weighted by Crippen LogP contribution is 2.28. The molecule has 0 aliphatic carbocycles. The van der Waals surface area contributed by atoms with Gasteiger partial charge >= 0.3 is 0 Å². The number of anilines is 1. The van der Waals surface area contributed by atoms with Crippen LogP contribution < -0.4 is 14.8 Å². The van der Waals surface area contributed by atoms with Crippen LogP contribution in [0.4, 0.5) is 5.69 Å². The predicted molar refractivity (Wildman–Crippen MR) is 90.0 cm³/mol. The van der Waals surface area contributed by atoms with E-state index in [1.807, 2.05) is 13.8 Å². The first kappa shape index (κ1) is 18.8. The molecule has 0 radical (unpaired) electrons. The number of nitrogens with zero attached hydrogens (tertiary/aromatic N) is 1. The van der Waals surface area contributed by atoms with Crippen LogP contribution in [-0.4, -0.2) is 44.0 Å². The molecule has 128 valence electrons. The Hall–Kier alpha value is -2.24. The average Bonchev–Trinajstić information content (AvgIpc) is 2.54. The minimum absolute atomic E-state index is 0.159. The van der Waals surface area contributed by atoms with Crippen molar-refractivity contribution in [2.45, 2.75) is 33.1 Å². The van der Waals surface area contributed by atoms with E-state index in [0.29, 0.717) is 30.3 Å². The van der Waals surface area contributed by atoms with E-state index in [2.05, 4.69) is 5.32 Å². The van der Waals surface area contributed by atoms with Crippen molar-refractivity contribution in [3.05, 3.63) is 18.2 Å². The van der Waals surface area contributed by atoms with E-state index in [1.54, 1.807) is 30.2 Å². The molecule has 0 saturated carbocycles. The number of amides is 2. The van der Waals surface area contributed by atoms with Crippen LogP contribution in [0.1, 0.15) is 33.1 Å². The highest BCUT2D eigenvalue weighted by molar-refractivity contribution is 6.04. The van der Waals surface area contributed by atoms with Crippen molar-refractivity contribution in [2.24, 2.45) is 0 Å². The first-order valence-corrected chi connectivity index (χ1v) is 7.85. The summed E-state index contributed by atoms with van der Waals surface area (Å²) in [6, 6.07) is 5.11. The molecule has 1 rings (SSSR count).